The fraction of sp³-hybridized carbons (Fsp3) is 0.500. The molecule has 1 aliphatic rings. The molecule has 1 unspecified atom stereocenters. The highest BCUT2D eigenvalue weighted by atomic mass is 35.5. The van der Waals surface area contributed by atoms with Crippen molar-refractivity contribution in [3.05, 3.63) is 24.3 Å². The first-order valence-electron chi connectivity index (χ1n) is 6.35. The fourth-order valence-corrected chi connectivity index (χ4v) is 2.20. The van der Waals surface area contributed by atoms with E-state index in [9.17, 15) is 4.79 Å². The van der Waals surface area contributed by atoms with Crippen molar-refractivity contribution in [1.29, 1.82) is 0 Å². The van der Waals surface area contributed by atoms with Crippen molar-refractivity contribution < 1.29 is 14.3 Å². The van der Waals surface area contributed by atoms with Crippen molar-refractivity contribution in [2.75, 3.05) is 19.0 Å². The van der Waals surface area contributed by atoms with Crippen molar-refractivity contribution >= 4 is 17.5 Å². The third-order valence-corrected chi connectivity index (χ3v) is 3.25. The largest absolute Gasteiger partial charge is 0.486 e. The average molecular weight is 284 g/mol. The van der Waals surface area contributed by atoms with Gasteiger partial charge in [0.2, 0.25) is 5.91 Å². The molecule has 0 aliphatic carbocycles. The smallest absolute Gasteiger partial charge is 0.237 e. The number of halogens is 1. The van der Waals surface area contributed by atoms with Crippen molar-refractivity contribution in [2.45, 2.75) is 26.0 Å². The number of carbonyl (C=O) groups excluding carboxylic acids is 1. The van der Waals surface area contributed by atoms with E-state index >= 15 is 0 Å². The van der Waals surface area contributed by atoms with Gasteiger partial charge >= 0.3 is 0 Å². The van der Waals surface area contributed by atoms with E-state index in [-0.39, 0.29) is 23.9 Å². The van der Waals surface area contributed by atoms with Crippen LogP contribution in [0.25, 0.3) is 0 Å². The van der Waals surface area contributed by atoms with Gasteiger partial charge in [-0.2, -0.15) is 0 Å². The topological polar surface area (TPSA) is 38.8 Å². The van der Waals surface area contributed by atoms with Crippen LogP contribution in [0.3, 0.4) is 0 Å². The summed E-state index contributed by atoms with van der Waals surface area (Å²) in [5.41, 5.74) is 0. The highest BCUT2D eigenvalue weighted by molar-refractivity contribution is 6.27. The van der Waals surface area contributed by atoms with Gasteiger partial charge in [-0.1, -0.05) is 12.1 Å². The van der Waals surface area contributed by atoms with E-state index in [0.717, 1.165) is 11.5 Å². The molecule has 0 radical (unpaired) electrons. The van der Waals surface area contributed by atoms with E-state index in [1.165, 1.54) is 0 Å². The van der Waals surface area contributed by atoms with Gasteiger partial charge in [-0.15, -0.1) is 11.6 Å². The Morgan fingerprint density at radius 1 is 1.42 bits per heavy atom. The highest BCUT2D eigenvalue weighted by Crippen LogP contribution is 2.31. The third kappa shape index (κ3) is 3.32. The molecule has 1 aromatic rings. The number of benzene rings is 1. The summed E-state index contributed by atoms with van der Waals surface area (Å²) in [6.45, 7) is 4.84. The predicted octanol–water partition coefficient (Wildman–Crippen LogP) is 2.30. The zero-order chi connectivity index (χ0) is 13.8. The Kier molecular flexibility index (Phi) is 4.53. The van der Waals surface area contributed by atoms with E-state index in [1.54, 1.807) is 4.90 Å². The summed E-state index contributed by atoms with van der Waals surface area (Å²) in [5, 5.41) is 0. The van der Waals surface area contributed by atoms with Gasteiger partial charge in [-0.3, -0.25) is 4.79 Å². The van der Waals surface area contributed by atoms with Gasteiger partial charge < -0.3 is 14.4 Å². The number of fused-ring (bicyclic) bond motifs is 1. The molecule has 4 nitrogen and oxygen atoms in total. The molecule has 5 heteroatoms. The molecule has 19 heavy (non-hydrogen) atoms. The molecular weight excluding hydrogens is 266 g/mol. The number of hydrogen-bond donors (Lipinski definition) is 0. The van der Waals surface area contributed by atoms with Gasteiger partial charge in [-0.25, -0.2) is 0 Å². The molecule has 1 atom stereocenters. The predicted molar refractivity (Wildman–Crippen MR) is 73.9 cm³/mol. The quantitative estimate of drug-likeness (QED) is 0.796. The second kappa shape index (κ2) is 6.15. The minimum atomic E-state index is -0.163. The van der Waals surface area contributed by atoms with Gasteiger partial charge in [0.15, 0.2) is 17.6 Å². The van der Waals surface area contributed by atoms with Crippen LogP contribution in [-0.4, -0.2) is 42.0 Å². The minimum Gasteiger partial charge on any atom is -0.486 e. The zero-order valence-corrected chi connectivity index (χ0v) is 11.9. The first-order valence-corrected chi connectivity index (χ1v) is 6.89. The molecular formula is C14H18ClNO3. The van der Waals surface area contributed by atoms with E-state index in [1.807, 2.05) is 38.1 Å². The first-order chi connectivity index (χ1) is 9.11. The van der Waals surface area contributed by atoms with Crippen molar-refractivity contribution in [3.63, 3.8) is 0 Å². The Hall–Kier alpha value is -1.42. The van der Waals surface area contributed by atoms with Gasteiger partial charge in [0, 0.05) is 6.04 Å². The van der Waals surface area contributed by atoms with Crippen LogP contribution in [0.15, 0.2) is 24.3 Å². The second-order valence-electron chi connectivity index (χ2n) is 4.77. The average Bonchev–Trinajstić information content (AvgIpc) is 2.43. The maximum Gasteiger partial charge on any atom is 0.237 e. The van der Waals surface area contributed by atoms with Crippen molar-refractivity contribution in [3.8, 4) is 11.5 Å². The van der Waals surface area contributed by atoms with E-state index < -0.39 is 0 Å². The molecule has 2 rings (SSSR count). The summed E-state index contributed by atoms with van der Waals surface area (Å²) in [5.74, 6) is 1.38. The Morgan fingerprint density at radius 2 is 2.11 bits per heavy atom. The molecule has 104 valence electrons. The molecule has 1 aromatic carbocycles. The van der Waals surface area contributed by atoms with Crippen LogP contribution in [0.4, 0.5) is 0 Å². The van der Waals surface area contributed by atoms with Crippen LogP contribution in [0.1, 0.15) is 13.8 Å². The summed E-state index contributed by atoms with van der Waals surface area (Å²) >= 11 is 5.63. The summed E-state index contributed by atoms with van der Waals surface area (Å²) in [4.78, 5) is 13.5. The maximum absolute atomic E-state index is 11.8. The van der Waals surface area contributed by atoms with Gasteiger partial charge in [0.1, 0.15) is 12.5 Å². The molecule has 0 bridgehead atoms. The van der Waals surface area contributed by atoms with Crippen LogP contribution >= 0.6 is 11.6 Å². The number of nitrogens with zero attached hydrogens (tertiary/aromatic N) is 1. The van der Waals surface area contributed by atoms with Gasteiger partial charge in [0.25, 0.3) is 0 Å². The van der Waals surface area contributed by atoms with E-state index in [2.05, 4.69) is 0 Å². The van der Waals surface area contributed by atoms with Gasteiger partial charge in [0.05, 0.1) is 6.54 Å². The molecule has 0 saturated heterocycles. The minimum absolute atomic E-state index is 0.0116. The number of para-hydroxylation sites is 2. The maximum atomic E-state index is 11.8. The lowest BCUT2D eigenvalue weighted by molar-refractivity contribution is -0.131. The van der Waals surface area contributed by atoms with Crippen LogP contribution < -0.4 is 9.47 Å². The van der Waals surface area contributed by atoms with Gasteiger partial charge in [-0.05, 0) is 26.0 Å². The Balaban J connectivity index is 2.02. The lowest BCUT2D eigenvalue weighted by atomic mass is 10.2. The molecule has 1 heterocycles. The number of rotatable bonds is 4. The standard InChI is InChI=1S/C14H18ClNO3/c1-10(2)16(14(17)7-15)8-11-9-18-12-5-3-4-6-13(12)19-11/h3-6,10-11H,7-9H2,1-2H3. The fourth-order valence-electron chi connectivity index (χ4n) is 2.05. The van der Waals surface area contributed by atoms with Crippen molar-refractivity contribution in [1.82, 2.24) is 4.90 Å². The Labute approximate surface area is 118 Å². The highest BCUT2D eigenvalue weighted by Gasteiger charge is 2.26. The normalized spacial score (nSPS) is 17.4. The summed E-state index contributed by atoms with van der Waals surface area (Å²) in [7, 11) is 0. The Bertz CT molecular complexity index is 450. The molecule has 1 amide bonds. The van der Waals surface area contributed by atoms with E-state index in [4.69, 9.17) is 21.1 Å². The SMILES string of the molecule is CC(C)N(CC1COc2ccccc2O1)C(=O)CCl. The Morgan fingerprint density at radius 3 is 2.74 bits per heavy atom. The monoisotopic (exact) mass is 283 g/mol. The van der Waals surface area contributed by atoms with E-state index in [0.29, 0.717) is 13.2 Å². The second-order valence-corrected chi connectivity index (χ2v) is 5.04. The molecule has 0 saturated carbocycles. The molecule has 0 fully saturated rings. The lowest BCUT2D eigenvalue weighted by Gasteiger charge is -2.33. The van der Waals surface area contributed by atoms with Crippen LogP contribution in [0.2, 0.25) is 0 Å². The summed E-state index contributed by atoms with van der Waals surface area (Å²) in [6.07, 6.45) is -0.163. The van der Waals surface area contributed by atoms with Crippen LogP contribution in [0.5, 0.6) is 11.5 Å². The molecule has 0 spiro atoms. The summed E-state index contributed by atoms with van der Waals surface area (Å²) < 4.78 is 11.5. The van der Waals surface area contributed by atoms with Crippen molar-refractivity contribution in [2.24, 2.45) is 0 Å². The van der Waals surface area contributed by atoms with Crippen LogP contribution in [-0.2, 0) is 4.79 Å². The van der Waals surface area contributed by atoms with Crippen LogP contribution in [0, 0.1) is 0 Å². The third-order valence-electron chi connectivity index (χ3n) is 3.03. The number of ether oxygens (including phenoxy) is 2. The number of hydrogen-bond acceptors (Lipinski definition) is 3. The lowest BCUT2D eigenvalue weighted by Crippen LogP contribution is -2.47. The number of amides is 1. The molecule has 0 N–H and O–H groups in total. The summed E-state index contributed by atoms with van der Waals surface area (Å²) in [6, 6.07) is 7.63. The molecule has 1 aliphatic heterocycles. The zero-order valence-electron chi connectivity index (χ0n) is 11.1. The number of carbonyl (C=O) groups is 1. The number of alkyl halides is 1. The molecule has 0 aromatic heterocycles. The first kappa shape index (κ1) is 14.0.